The van der Waals surface area contributed by atoms with Crippen molar-refractivity contribution in [3.8, 4) is 0 Å². The first-order valence-corrected chi connectivity index (χ1v) is 6.15. The lowest BCUT2D eigenvalue weighted by atomic mass is 9.94. The number of hydrogen-bond acceptors (Lipinski definition) is 2. The van der Waals surface area contributed by atoms with Crippen molar-refractivity contribution in [2.45, 2.75) is 27.3 Å². The van der Waals surface area contributed by atoms with Crippen LogP contribution in [0.5, 0.6) is 0 Å². The van der Waals surface area contributed by atoms with Crippen LogP contribution in [0.3, 0.4) is 0 Å². The quantitative estimate of drug-likeness (QED) is 0.803. The maximum absolute atomic E-state index is 12.4. The Kier molecular flexibility index (Phi) is 5.31. The number of carbonyl (C=O) groups is 1. The molecule has 4 heteroatoms. The Bertz CT molecular complexity index is 549. The molecule has 0 bridgehead atoms. The summed E-state index contributed by atoms with van der Waals surface area (Å²) in [6.45, 7) is 6.66. The first-order valence-electron chi connectivity index (χ1n) is 6.15. The Labute approximate surface area is 120 Å². The lowest BCUT2D eigenvalue weighted by Crippen LogP contribution is -2.18. The molecule has 1 aromatic carbocycles. The fourth-order valence-corrected chi connectivity index (χ4v) is 2.15. The highest BCUT2D eigenvalue weighted by Gasteiger charge is 2.17. The molecule has 102 valence electrons. The summed E-state index contributed by atoms with van der Waals surface area (Å²) in [5, 5.41) is 0. The van der Waals surface area contributed by atoms with Gasteiger partial charge >= 0.3 is 0 Å². The third-order valence-electron chi connectivity index (χ3n) is 3.14. The molecule has 19 heavy (non-hydrogen) atoms. The molecule has 1 unspecified atom stereocenters. The van der Waals surface area contributed by atoms with Gasteiger partial charge in [0.2, 0.25) is 0 Å². The van der Waals surface area contributed by atoms with E-state index in [9.17, 15) is 4.79 Å². The van der Waals surface area contributed by atoms with Crippen LogP contribution in [0.1, 0.15) is 28.4 Å². The van der Waals surface area contributed by atoms with Crippen LogP contribution in [0.25, 0.3) is 0 Å². The predicted octanol–water partition coefficient (Wildman–Crippen LogP) is 3.44. The van der Waals surface area contributed by atoms with Crippen LogP contribution in [-0.2, 0) is 6.54 Å². The molecule has 0 amide bonds. The van der Waals surface area contributed by atoms with E-state index in [2.05, 4.69) is 11.1 Å². The minimum Gasteiger partial charge on any atom is -0.337 e. The standard InChI is InChI=1S/C15H18N2O.ClH/c1-11-4-5-14(12(2)8-11)15(18)13(3)9-17-7-6-16-10-17;/h4-8,10,13H,9H2,1-3H3;1H. The molecule has 0 aliphatic rings. The molecule has 3 nitrogen and oxygen atoms in total. The third-order valence-corrected chi connectivity index (χ3v) is 3.14. The maximum Gasteiger partial charge on any atom is 0.167 e. The molecular formula is C15H19ClN2O. The van der Waals surface area contributed by atoms with Gasteiger partial charge in [0.15, 0.2) is 5.78 Å². The van der Waals surface area contributed by atoms with Gasteiger partial charge in [-0.05, 0) is 19.4 Å². The first kappa shape index (κ1) is 15.4. The van der Waals surface area contributed by atoms with Crippen LogP contribution >= 0.6 is 12.4 Å². The van der Waals surface area contributed by atoms with E-state index in [1.54, 1.807) is 12.5 Å². The van der Waals surface area contributed by atoms with Crippen LogP contribution in [0.2, 0.25) is 0 Å². The molecule has 0 saturated carbocycles. The third kappa shape index (κ3) is 3.67. The number of ketones is 1. The van der Waals surface area contributed by atoms with Crippen molar-refractivity contribution in [1.82, 2.24) is 9.55 Å². The van der Waals surface area contributed by atoms with E-state index in [1.165, 1.54) is 5.56 Å². The van der Waals surface area contributed by atoms with Crippen molar-refractivity contribution in [1.29, 1.82) is 0 Å². The van der Waals surface area contributed by atoms with Gasteiger partial charge in [-0.2, -0.15) is 0 Å². The molecule has 0 saturated heterocycles. The second kappa shape index (κ2) is 6.53. The van der Waals surface area contributed by atoms with Gasteiger partial charge in [0, 0.05) is 30.4 Å². The fraction of sp³-hybridized carbons (Fsp3) is 0.333. The summed E-state index contributed by atoms with van der Waals surface area (Å²) >= 11 is 0. The van der Waals surface area contributed by atoms with Gasteiger partial charge in [-0.25, -0.2) is 4.98 Å². The van der Waals surface area contributed by atoms with Gasteiger partial charge in [-0.15, -0.1) is 12.4 Å². The lowest BCUT2D eigenvalue weighted by Gasteiger charge is -2.13. The molecule has 0 radical (unpaired) electrons. The van der Waals surface area contributed by atoms with Crippen molar-refractivity contribution in [3.05, 3.63) is 53.6 Å². The second-order valence-electron chi connectivity index (χ2n) is 4.84. The van der Waals surface area contributed by atoms with Crippen LogP contribution in [0, 0.1) is 19.8 Å². The molecule has 0 aliphatic heterocycles. The summed E-state index contributed by atoms with van der Waals surface area (Å²) in [4.78, 5) is 16.4. The number of carbonyl (C=O) groups excluding carboxylic acids is 1. The lowest BCUT2D eigenvalue weighted by molar-refractivity contribution is 0.0917. The summed E-state index contributed by atoms with van der Waals surface area (Å²) in [6, 6.07) is 5.97. The minimum absolute atomic E-state index is 0. The highest BCUT2D eigenvalue weighted by Crippen LogP contribution is 2.16. The largest absolute Gasteiger partial charge is 0.337 e. The maximum atomic E-state index is 12.4. The van der Waals surface area contributed by atoms with Crippen LogP contribution < -0.4 is 0 Å². The van der Waals surface area contributed by atoms with E-state index in [0.29, 0.717) is 6.54 Å². The molecule has 0 fully saturated rings. The zero-order chi connectivity index (χ0) is 13.1. The summed E-state index contributed by atoms with van der Waals surface area (Å²) in [5.74, 6) is 0.154. The number of aryl methyl sites for hydroxylation is 2. The van der Waals surface area contributed by atoms with E-state index in [-0.39, 0.29) is 24.1 Å². The molecule has 2 rings (SSSR count). The number of rotatable bonds is 4. The number of Topliss-reactive ketones (excluding diaryl/α,β-unsaturated/α-hetero) is 1. The predicted molar refractivity (Wildman–Crippen MR) is 78.9 cm³/mol. The van der Waals surface area contributed by atoms with E-state index in [0.717, 1.165) is 11.1 Å². The minimum atomic E-state index is -0.0411. The smallest absolute Gasteiger partial charge is 0.167 e. The Hall–Kier alpha value is -1.61. The first-order chi connectivity index (χ1) is 8.58. The van der Waals surface area contributed by atoms with Crippen LogP contribution in [0.15, 0.2) is 36.9 Å². The van der Waals surface area contributed by atoms with Crippen LogP contribution in [-0.4, -0.2) is 15.3 Å². The number of benzene rings is 1. The highest BCUT2D eigenvalue weighted by molar-refractivity contribution is 5.98. The Balaban J connectivity index is 0.00000180. The number of aromatic nitrogens is 2. The molecule has 0 N–H and O–H groups in total. The molecule has 1 atom stereocenters. The van der Waals surface area contributed by atoms with E-state index in [4.69, 9.17) is 0 Å². The van der Waals surface area contributed by atoms with Gasteiger partial charge < -0.3 is 4.57 Å². The summed E-state index contributed by atoms with van der Waals surface area (Å²) in [7, 11) is 0. The van der Waals surface area contributed by atoms with Gasteiger partial charge in [-0.1, -0.05) is 30.7 Å². The normalized spacial score (nSPS) is 11.7. The van der Waals surface area contributed by atoms with Gasteiger partial charge in [0.05, 0.1) is 6.33 Å². The second-order valence-corrected chi connectivity index (χ2v) is 4.84. The topological polar surface area (TPSA) is 34.9 Å². The SMILES string of the molecule is Cc1ccc(C(=O)C(C)Cn2ccnc2)c(C)c1.Cl. The number of halogens is 1. The molecule has 0 spiro atoms. The Morgan fingerprint density at radius 2 is 2.11 bits per heavy atom. The zero-order valence-electron chi connectivity index (χ0n) is 11.5. The highest BCUT2D eigenvalue weighted by atomic mass is 35.5. The van der Waals surface area contributed by atoms with Gasteiger partial charge in [0.25, 0.3) is 0 Å². The van der Waals surface area contributed by atoms with Crippen LogP contribution in [0.4, 0.5) is 0 Å². The molecule has 1 aromatic heterocycles. The van der Waals surface area contributed by atoms with Crippen molar-refractivity contribution < 1.29 is 4.79 Å². The van der Waals surface area contributed by atoms with E-state index in [1.807, 2.05) is 43.7 Å². The number of imidazole rings is 1. The Morgan fingerprint density at radius 3 is 2.68 bits per heavy atom. The molecule has 2 aromatic rings. The van der Waals surface area contributed by atoms with Crippen molar-refractivity contribution in [2.75, 3.05) is 0 Å². The number of nitrogens with zero attached hydrogens (tertiary/aromatic N) is 2. The summed E-state index contributed by atoms with van der Waals surface area (Å²) < 4.78 is 1.94. The van der Waals surface area contributed by atoms with Crippen molar-refractivity contribution >= 4 is 18.2 Å². The monoisotopic (exact) mass is 278 g/mol. The Morgan fingerprint density at radius 1 is 1.37 bits per heavy atom. The average Bonchev–Trinajstić information content (AvgIpc) is 2.81. The molecule has 0 aliphatic carbocycles. The van der Waals surface area contributed by atoms with E-state index >= 15 is 0 Å². The van der Waals surface area contributed by atoms with Crippen molar-refractivity contribution in [3.63, 3.8) is 0 Å². The van der Waals surface area contributed by atoms with Crippen molar-refractivity contribution in [2.24, 2.45) is 5.92 Å². The summed E-state index contributed by atoms with van der Waals surface area (Å²) in [6.07, 6.45) is 5.35. The van der Waals surface area contributed by atoms with Gasteiger partial charge in [0.1, 0.15) is 0 Å². The average molecular weight is 279 g/mol. The summed E-state index contributed by atoms with van der Waals surface area (Å²) in [5.41, 5.74) is 3.07. The zero-order valence-corrected chi connectivity index (χ0v) is 12.3. The molecule has 1 heterocycles. The molecular weight excluding hydrogens is 260 g/mol. The van der Waals surface area contributed by atoms with E-state index < -0.39 is 0 Å². The van der Waals surface area contributed by atoms with Gasteiger partial charge in [-0.3, -0.25) is 4.79 Å². The fourth-order valence-electron chi connectivity index (χ4n) is 2.15. The number of hydrogen-bond donors (Lipinski definition) is 0.